The Morgan fingerprint density at radius 2 is 2.00 bits per heavy atom. The molecule has 2 aromatic rings. The largest absolute Gasteiger partial charge is 0.465 e. The van der Waals surface area contributed by atoms with Crippen molar-refractivity contribution in [3.63, 3.8) is 0 Å². The molecule has 1 aromatic carbocycles. The Bertz CT molecular complexity index is 793. The Kier molecular flexibility index (Phi) is 5.32. The number of nitrogens with one attached hydrogen (secondary N) is 1. The van der Waals surface area contributed by atoms with Crippen LogP contribution in [0, 0.1) is 16.0 Å². The molecule has 136 valence electrons. The van der Waals surface area contributed by atoms with E-state index in [9.17, 15) is 19.7 Å². The van der Waals surface area contributed by atoms with E-state index in [4.69, 9.17) is 4.74 Å². The highest BCUT2D eigenvalue weighted by atomic mass is 32.1. The Balaban J connectivity index is 2.11. The van der Waals surface area contributed by atoms with Gasteiger partial charge >= 0.3 is 5.97 Å². The summed E-state index contributed by atoms with van der Waals surface area (Å²) in [6.07, 6.45) is 0. The van der Waals surface area contributed by atoms with Crippen molar-refractivity contribution in [3.05, 3.63) is 68.4 Å². The number of esters is 1. The molecule has 1 fully saturated rings. The molecule has 26 heavy (non-hydrogen) atoms. The molecule has 3 rings (SSSR count). The van der Waals surface area contributed by atoms with Gasteiger partial charge in [0.2, 0.25) is 11.9 Å². The zero-order valence-electron chi connectivity index (χ0n) is 14.0. The van der Waals surface area contributed by atoms with Gasteiger partial charge < -0.3 is 10.1 Å². The van der Waals surface area contributed by atoms with Crippen LogP contribution < -0.4 is 5.32 Å². The van der Waals surface area contributed by atoms with Gasteiger partial charge in [-0.3, -0.25) is 19.7 Å². The Labute approximate surface area is 154 Å². The lowest BCUT2D eigenvalue weighted by Crippen LogP contribution is -2.56. The van der Waals surface area contributed by atoms with E-state index in [1.807, 2.05) is 0 Å². The molecule has 7 nitrogen and oxygen atoms in total. The van der Waals surface area contributed by atoms with E-state index in [1.165, 1.54) is 11.3 Å². The maximum absolute atomic E-state index is 12.7. The number of hydrogen-bond donors (Lipinski definition) is 1. The third-order valence-electron chi connectivity index (χ3n) is 4.47. The molecule has 1 aliphatic heterocycles. The van der Waals surface area contributed by atoms with Crippen molar-refractivity contribution in [2.45, 2.75) is 24.9 Å². The van der Waals surface area contributed by atoms with Crippen LogP contribution in [0.1, 0.15) is 29.3 Å². The molecule has 0 bridgehead atoms. The summed E-state index contributed by atoms with van der Waals surface area (Å²) in [4.78, 5) is 37.4. The van der Waals surface area contributed by atoms with Crippen LogP contribution in [0.2, 0.25) is 0 Å². The number of piperidine rings is 1. The molecular weight excluding hydrogens is 356 g/mol. The van der Waals surface area contributed by atoms with Gasteiger partial charge in [0.25, 0.3) is 0 Å². The average molecular weight is 374 g/mol. The standard InChI is InChI=1S/C18H18N2O5S/c1-2-25-18(22)14-13(11-7-4-3-5-8-11)16(20(23)24)15(19-17(14)21)12-9-6-10-26-12/h3-10,13-16H,2H2,1H3,(H,19,21)/t13-,14-,15-,16+/m0/s1. The highest BCUT2D eigenvalue weighted by molar-refractivity contribution is 7.10. The van der Waals surface area contributed by atoms with Crippen LogP contribution in [0.5, 0.6) is 0 Å². The Hall–Kier alpha value is -2.74. The predicted molar refractivity (Wildman–Crippen MR) is 95.3 cm³/mol. The Morgan fingerprint density at radius 3 is 2.58 bits per heavy atom. The van der Waals surface area contributed by atoms with E-state index in [0.29, 0.717) is 10.4 Å². The fraction of sp³-hybridized carbons (Fsp3) is 0.333. The molecule has 0 saturated carbocycles. The number of nitrogens with zero attached hydrogens (tertiary/aromatic N) is 1. The molecule has 1 aromatic heterocycles. The first kappa shape index (κ1) is 18.1. The quantitative estimate of drug-likeness (QED) is 0.375. The van der Waals surface area contributed by atoms with Gasteiger partial charge in [-0.2, -0.15) is 0 Å². The zero-order chi connectivity index (χ0) is 18.7. The second-order valence-electron chi connectivity index (χ2n) is 5.94. The molecule has 0 spiro atoms. The van der Waals surface area contributed by atoms with E-state index in [0.717, 1.165) is 0 Å². The third-order valence-corrected chi connectivity index (χ3v) is 5.42. The highest BCUT2D eigenvalue weighted by Gasteiger charge is 2.55. The average Bonchev–Trinajstić information content (AvgIpc) is 3.16. The molecule has 0 aliphatic carbocycles. The van der Waals surface area contributed by atoms with Crippen LogP contribution in [-0.4, -0.2) is 29.4 Å². The lowest BCUT2D eigenvalue weighted by Gasteiger charge is -2.36. The van der Waals surface area contributed by atoms with Crippen molar-refractivity contribution in [1.82, 2.24) is 5.32 Å². The van der Waals surface area contributed by atoms with Gasteiger partial charge in [-0.15, -0.1) is 11.3 Å². The molecule has 0 unspecified atom stereocenters. The minimum Gasteiger partial charge on any atom is -0.465 e. The van der Waals surface area contributed by atoms with E-state index >= 15 is 0 Å². The van der Waals surface area contributed by atoms with Crippen molar-refractivity contribution in [1.29, 1.82) is 0 Å². The fourth-order valence-corrected chi connectivity index (χ4v) is 4.22. The van der Waals surface area contributed by atoms with Crippen LogP contribution >= 0.6 is 11.3 Å². The summed E-state index contributed by atoms with van der Waals surface area (Å²) in [5.41, 5.74) is 0.573. The number of thiophene rings is 1. The van der Waals surface area contributed by atoms with Crippen LogP contribution in [0.25, 0.3) is 0 Å². The first-order valence-electron chi connectivity index (χ1n) is 8.23. The van der Waals surface area contributed by atoms with Gasteiger partial charge in [0, 0.05) is 9.80 Å². The molecule has 1 aliphatic rings. The van der Waals surface area contributed by atoms with Crippen molar-refractivity contribution in [2.75, 3.05) is 6.61 Å². The number of nitro groups is 1. The highest BCUT2D eigenvalue weighted by Crippen LogP contribution is 2.41. The van der Waals surface area contributed by atoms with Crippen molar-refractivity contribution in [2.24, 2.45) is 5.92 Å². The minimum atomic E-state index is -1.26. The number of hydrogen-bond acceptors (Lipinski definition) is 6. The lowest BCUT2D eigenvalue weighted by molar-refractivity contribution is -0.534. The molecule has 2 heterocycles. The molecule has 1 N–H and O–H groups in total. The number of rotatable bonds is 5. The summed E-state index contributed by atoms with van der Waals surface area (Å²) in [6, 6.07) is 10.2. The summed E-state index contributed by atoms with van der Waals surface area (Å²) in [6.45, 7) is 1.73. The molecule has 4 atom stereocenters. The van der Waals surface area contributed by atoms with E-state index in [2.05, 4.69) is 5.32 Å². The monoisotopic (exact) mass is 374 g/mol. The SMILES string of the molecule is CCOC(=O)[C@@H]1C(=O)N[C@@H](c2cccs2)[C@H]([N+](=O)[O-])[C@H]1c1ccccc1. The summed E-state index contributed by atoms with van der Waals surface area (Å²) in [5, 5.41) is 16.5. The van der Waals surface area contributed by atoms with Crippen LogP contribution in [0.3, 0.4) is 0 Å². The number of carbonyl (C=O) groups is 2. The molecule has 1 saturated heterocycles. The van der Waals surface area contributed by atoms with E-state index in [-0.39, 0.29) is 6.61 Å². The first-order valence-corrected chi connectivity index (χ1v) is 9.11. The molecular formula is C18H18N2O5S. The number of amides is 1. The van der Waals surface area contributed by atoms with E-state index in [1.54, 1.807) is 54.8 Å². The summed E-state index contributed by atoms with van der Waals surface area (Å²) in [5.74, 6) is -3.46. The first-order chi connectivity index (χ1) is 12.5. The number of benzene rings is 1. The zero-order valence-corrected chi connectivity index (χ0v) is 14.8. The van der Waals surface area contributed by atoms with Crippen LogP contribution in [0.15, 0.2) is 47.8 Å². The normalized spacial score (nSPS) is 25.3. The van der Waals surface area contributed by atoms with Crippen molar-refractivity contribution >= 4 is 23.2 Å². The fourth-order valence-electron chi connectivity index (χ4n) is 3.41. The van der Waals surface area contributed by atoms with Crippen LogP contribution in [0.4, 0.5) is 0 Å². The smallest absolute Gasteiger partial charge is 0.319 e. The van der Waals surface area contributed by atoms with Crippen molar-refractivity contribution in [3.8, 4) is 0 Å². The second kappa shape index (κ2) is 7.65. The summed E-state index contributed by atoms with van der Waals surface area (Å²) < 4.78 is 5.04. The molecule has 0 radical (unpaired) electrons. The predicted octanol–water partition coefficient (Wildman–Crippen LogP) is 2.53. The number of ether oxygens (including phenoxy) is 1. The number of carbonyl (C=O) groups excluding carboxylic acids is 2. The minimum absolute atomic E-state index is 0.0988. The second-order valence-corrected chi connectivity index (χ2v) is 6.92. The van der Waals surface area contributed by atoms with Crippen molar-refractivity contribution < 1.29 is 19.2 Å². The van der Waals surface area contributed by atoms with Gasteiger partial charge in [0.15, 0.2) is 0 Å². The maximum atomic E-state index is 12.7. The van der Waals surface area contributed by atoms with Crippen LogP contribution in [-0.2, 0) is 14.3 Å². The van der Waals surface area contributed by atoms with Gasteiger partial charge in [-0.25, -0.2) is 0 Å². The maximum Gasteiger partial charge on any atom is 0.319 e. The lowest BCUT2D eigenvalue weighted by atomic mass is 9.74. The molecule has 8 heteroatoms. The van der Waals surface area contributed by atoms with E-state index < -0.39 is 40.7 Å². The van der Waals surface area contributed by atoms with Gasteiger partial charge in [0.1, 0.15) is 12.0 Å². The topological polar surface area (TPSA) is 98.5 Å². The Morgan fingerprint density at radius 1 is 1.27 bits per heavy atom. The van der Waals surface area contributed by atoms with Gasteiger partial charge in [-0.05, 0) is 23.9 Å². The van der Waals surface area contributed by atoms with Gasteiger partial charge in [-0.1, -0.05) is 36.4 Å². The summed E-state index contributed by atoms with van der Waals surface area (Å²) >= 11 is 1.33. The van der Waals surface area contributed by atoms with Gasteiger partial charge in [0.05, 0.1) is 12.5 Å². The molecule has 1 amide bonds. The summed E-state index contributed by atoms with van der Waals surface area (Å²) in [7, 11) is 0. The third kappa shape index (κ3) is 3.32.